The van der Waals surface area contributed by atoms with E-state index in [1.54, 1.807) is 13.0 Å². The van der Waals surface area contributed by atoms with Crippen LogP contribution < -0.4 is 0 Å². The van der Waals surface area contributed by atoms with Crippen molar-refractivity contribution < 1.29 is 14.3 Å². The number of carboxylic acid groups (broad SMARTS) is 1. The van der Waals surface area contributed by atoms with E-state index >= 15 is 0 Å². The zero-order valence-electron chi connectivity index (χ0n) is 9.62. The molecule has 1 saturated carbocycles. The summed E-state index contributed by atoms with van der Waals surface area (Å²) >= 11 is 0. The molecule has 0 spiro atoms. The number of halogens is 1. The molecule has 0 unspecified atom stereocenters. The van der Waals surface area contributed by atoms with Crippen molar-refractivity contribution in [3.8, 4) is 0 Å². The molecule has 0 heterocycles. The average Bonchev–Trinajstić information content (AvgIpc) is 2.74. The molecule has 2 nitrogen and oxygen atoms in total. The monoisotopic (exact) mass is 222 g/mol. The van der Waals surface area contributed by atoms with Crippen LogP contribution in [0.15, 0.2) is 18.2 Å². The normalized spacial score (nSPS) is 26.5. The minimum Gasteiger partial charge on any atom is -0.481 e. The van der Waals surface area contributed by atoms with Gasteiger partial charge in [-0.2, -0.15) is 0 Å². The van der Waals surface area contributed by atoms with Crippen LogP contribution >= 0.6 is 0 Å². The van der Waals surface area contributed by atoms with Crippen molar-refractivity contribution in [1.29, 1.82) is 0 Å². The Morgan fingerprint density at radius 2 is 2.06 bits per heavy atom. The summed E-state index contributed by atoms with van der Waals surface area (Å²) in [5.74, 6) is -1.52. The maximum absolute atomic E-state index is 13.4. The molecule has 0 bridgehead atoms. The second kappa shape index (κ2) is 3.30. The molecule has 1 aromatic rings. The Morgan fingerprint density at radius 3 is 2.56 bits per heavy atom. The standard InChI is InChI=1S/C13H15FO2/c1-7-8(5-4-6-9(7)14)10-11(12(15)16)13(10,2)3/h4-6,10-11H,1-3H3,(H,15,16)/t10-,11+/m1/s1. The van der Waals surface area contributed by atoms with Crippen molar-refractivity contribution in [2.45, 2.75) is 26.7 Å². The van der Waals surface area contributed by atoms with Crippen molar-refractivity contribution in [1.82, 2.24) is 0 Å². The third kappa shape index (κ3) is 1.42. The lowest BCUT2D eigenvalue weighted by Crippen LogP contribution is -2.03. The molecular weight excluding hydrogens is 207 g/mol. The van der Waals surface area contributed by atoms with E-state index in [4.69, 9.17) is 5.11 Å². The highest BCUT2D eigenvalue weighted by Gasteiger charge is 2.63. The molecule has 1 aromatic carbocycles. The fourth-order valence-electron chi connectivity index (χ4n) is 2.64. The van der Waals surface area contributed by atoms with E-state index in [0.29, 0.717) is 5.56 Å². The maximum Gasteiger partial charge on any atom is 0.307 e. The lowest BCUT2D eigenvalue weighted by Gasteiger charge is -2.07. The van der Waals surface area contributed by atoms with Crippen molar-refractivity contribution in [2.75, 3.05) is 0 Å². The largest absolute Gasteiger partial charge is 0.481 e. The number of carbonyl (C=O) groups is 1. The van der Waals surface area contributed by atoms with E-state index in [0.717, 1.165) is 5.56 Å². The van der Waals surface area contributed by atoms with Crippen LogP contribution in [0.5, 0.6) is 0 Å². The highest BCUT2D eigenvalue weighted by molar-refractivity contribution is 5.77. The van der Waals surface area contributed by atoms with Gasteiger partial charge in [-0.05, 0) is 29.5 Å². The maximum atomic E-state index is 13.4. The fraction of sp³-hybridized carbons (Fsp3) is 0.462. The van der Waals surface area contributed by atoms with Crippen molar-refractivity contribution in [3.05, 3.63) is 35.1 Å². The van der Waals surface area contributed by atoms with Gasteiger partial charge in [0.1, 0.15) is 5.82 Å². The van der Waals surface area contributed by atoms with Gasteiger partial charge < -0.3 is 5.11 Å². The van der Waals surface area contributed by atoms with Crippen molar-refractivity contribution in [2.24, 2.45) is 11.3 Å². The zero-order valence-corrected chi connectivity index (χ0v) is 9.62. The summed E-state index contributed by atoms with van der Waals surface area (Å²) < 4.78 is 13.4. The summed E-state index contributed by atoms with van der Waals surface area (Å²) in [6.07, 6.45) is 0. The molecule has 1 N–H and O–H groups in total. The Hall–Kier alpha value is -1.38. The third-order valence-corrected chi connectivity index (χ3v) is 3.74. The Balaban J connectivity index is 2.41. The second-order valence-electron chi connectivity index (χ2n) is 5.07. The first kappa shape index (κ1) is 11.1. The highest BCUT2D eigenvalue weighted by atomic mass is 19.1. The molecule has 0 aromatic heterocycles. The van der Waals surface area contributed by atoms with Crippen LogP contribution in [0.4, 0.5) is 4.39 Å². The summed E-state index contributed by atoms with van der Waals surface area (Å²) in [7, 11) is 0. The Bertz CT molecular complexity index is 451. The molecule has 0 saturated heterocycles. The van der Waals surface area contributed by atoms with Crippen molar-refractivity contribution >= 4 is 5.97 Å². The summed E-state index contributed by atoms with van der Waals surface area (Å²) in [4.78, 5) is 11.1. The van der Waals surface area contributed by atoms with E-state index in [9.17, 15) is 9.18 Å². The Labute approximate surface area is 94.1 Å². The molecule has 1 aliphatic rings. The van der Waals surface area contributed by atoms with E-state index in [1.165, 1.54) is 6.07 Å². The molecule has 1 fully saturated rings. The Kier molecular flexibility index (Phi) is 2.30. The predicted octanol–water partition coefficient (Wildman–Crippen LogP) is 2.96. The molecule has 2 atom stereocenters. The molecule has 16 heavy (non-hydrogen) atoms. The first-order valence-corrected chi connectivity index (χ1v) is 5.35. The number of hydrogen-bond donors (Lipinski definition) is 1. The van der Waals surface area contributed by atoms with Gasteiger partial charge in [-0.25, -0.2) is 4.39 Å². The van der Waals surface area contributed by atoms with Crippen LogP contribution in [0.25, 0.3) is 0 Å². The molecule has 0 aliphatic heterocycles. The SMILES string of the molecule is Cc1c(F)cccc1[C@@H]1[C@@H](C(=O)O)C1(C)C. The average molecular weight is 222 g/mol. The lowest BCUT2D eigenvalue weighted by atomic mass is 9.98. The van der Waals surface area contributed by atoms with Crippen LogP contribution in [-0.4, -0.2) is 11.1 Å². The highest BCUT2D eigenvalue weighted by Crippen LogP contribution is 2.64. The van der Waals surface area contributed by atoms with Gasteiger partial charge in [-0.15, -0.1) is 0 Å². The van der Waals surface area contributed by atoms with Gasteiger partial charge >= 0.3 is 5.97 Å². The minimum absolute atomic E-state index is 0.0688. The number of rotatable bonds is 2. The van der Waals surface area contributed by atoms with E-state index in [1.807, 2.05) is 19.9 Å². The summed E-state index contributed by atoms with van der Waals surface area (Å²) in [5.41, 5.74) is 1.13. The van der Waals surface area contributed by atoms with Gasteiger partial charge in [-0.3, -0.25) is 4.79 Å². The summed E-state index contributed by atoms with van der Waals surface area (Å²) in [5, 5.41) is 9.09. The quantitative estimate of drug-likeness (QED) is 0.835. The first-order valence-electron chi connectivity index (χ1n) is 5.35. The third-order valence-electron chi connectivity index (χ3n) is 3.74. The first-order chi connectivity index (χ1) is 7.37. The van der Waals surface area contributed by atoms with Crippen LogP contribution in [0.1, 0.15) is 30.9 Å². The van der Waals surface area contributed by atoms with Crippen LogP contribution in [0, 0.1) is 24.1 Å². The van der Waals surface area contributed by atoms with E-state index < -0.39 is 11.9 Å². The molecule has 0 radical (unpaired) electrons. The topological polar surface area (TPSA) is 37.3 Å². The van der Waals surface area contributed by atoms with E-state index in [-0.39, 0.29) is 17.2 Å². The van der Waals surface area contributed by atoms with Crippen LogP contribution in [0.3, 0.4) is 0 Å². The number of aliphatic carboxylic acids is 1. The molecule has 86 valence electrons. The summed E-state index contributed by atoms with van der Waals surface area (Å²) in [6.45, 7) is 5.54. The zero-order chi connectivity index (χ0) is 12.1. The number of benzene rings is 1. The predicted molar refractivity (Wildman–Crippen MR) is 58.8 cm³/mol. The van der Waals surface area contributed by atoms with Gasteiger partial charge in [0.2, 0.25) is 0 Å². The molecular formula is C13H15FO2. The van der Waals surface area contributed by atoms with Gasteiger partial charge in [0.25, 0.3) is 0 Å². The van der Waals surface area contributed by atoms with Crippen LogP contribution in [-0.2, 0) is 4.79 Å². The smallest absolute Gasteiger partial charge is 0.307 e. The molecule has 1 aliphatic carbocycles. The lowest BCUT2D eigenvalue weighted by molar-refractivity contribution is -0.139. The number of carboxylic acids is 1. The molecule has 3 heteroatoms. The van der Waals surface area contributed by atoms with Gasteiger partial charge in [-0.1, -0.05) is 26.0 Å². The minimum atomic E-state index is -0.793. The Morgan fingerprint density at radius 1 is 1.44 bits per heavy atom. The van der Waals surface area contributed by atoms with Gasteiger partial charge in [0, 0.05) is 5.92 Å². The fourth-order valence-corrected chi connectivity index (χ4v) is 2.64. The van der Waals surface area contributed by atoms with E-state index in [2.05, 4.69) is 0 Å². The van der Waals surface area contributed by atoms with Gasteiger partial charge in [0.15, 0.2) is 0 Å². The van der Waals surface area contributed by atoms with Crippen LogP contribution in [0.2, 0.25) is 0 Å². The second-order valence-corrected chi connectivity index (χ2v) is 5.07. The number of hydrogen-bond acceptors (Lipinski definition) is 1. The molecule has 2 rings (SSSR count). The van der Waals surface area contributed by atoms with Crippen molar-refractivity contribution in [3.63, 3.8) is 0 Å². The summed E-state index contributed by atoms with van der Waals surface area (Å²) in [6, 6.07) is 4.88. The molecule has 0 amide bonds. The van der Waals surface area contributed by atoms with Gasteiger partial charge in [0.05, 0.1) is 5.92 Å².